The molecule has 0 amide bonds. The van der Waals surface area contributed by atoms with Crippen LogP contribution in [0.1, 0.15) is 18.0 Å². The lowest BCUT2D eigenvalue weighted by atomic mass is 10.0. The molecule has 6 unspecified atom stereocenters. The van der Waals surface area contributed by atoms with E-state index in [1.54, 1.807) is 12.5 Å². The fraction of sp³-hybridized carbons (Fsp3) is 0.455. The molecule has 3 heterocycles. The topological polar surface area (TPSA) is 83.6 Å². The smallest absolute Gasteiger partial charge is 0.116 e. The van der Waals surface area contributed by atoms with Crippen LogP contribution in [0.5, 0.6) is 0 Å². The van der Waals surface area contributed by atoms with Crippen molar-refractivity contribution in [3.63, 3.8) is 0 Å². The van der Waals surface area contributed by atoms with Gasteiger partial charge in [0, 0.05) is 27.3 Å². The van der Waals surface area contributed by atoms with Gasteiger partial charge in [-0.05, 0) is 25.3 Å². The number of rotatable bonds is 3. The summed E-state index contributed by atoms with van der Waals surface area (Å²) in [6.45, 7) is 0.110. The summed E-state index contributed by atoms with van der Waals surface area (Å²) in [6, 6.07) is 0.106. The van der Waals surface area contributed by atoms with Crippen molar-refractivity contribution in [2.24, 2.45) is 0 Å². The first-order valence-electron chi connectivity index (χ1n) is 6.48. The zero-order valence-corrected chi connectivity index (χ0v) is 16.4. The van der Waals surface area contributed by atoms with Crippen molar-refractivity contribution in [1.29, 1.82) is 0 Å². The van der Waals surface area contributed by atoms with Gasteiger partial charge < -0.3 is 18.9 Å². The second kappa shape index (κ2) is 8.33. The maximum Gasteiger partial charge on any atom is 0.116 e. The van der Waals surface area contributed by atoms with Gasteiger partial charge in [0.15, 0.2) is 0 Å². The van der Waals surface area contributed by atoms with Gasteiger partial charge >= 0.3 is 0 Å². The Bertz CT molecular complexity index is 626. The Kier molecular flexibility index (Phi) is 7.01. The van der Waals surface area contributed by atoms with Crippen LogP contribution in [-0.2, 0) is 4.52 Å². The monoisotopic (exact) mass is 380 g/mol. The average Bonchev–Trinajstić information content (AvgIpc) is 3.06. The summed E-state index contributed by atoms with van der Waals surface area (Å²) in [5.74, 6) is 0. The van der Waals surface area contributed by atoms with Crippen LogP contribution >= 0.6 is 37.7 Å². The minimum atomic E-state index is 0.000199. The Morgan fingerprint density at radius 1 is 1.36 bits per heavy atom. The zero-order valence-electron chi connectivity index (χ0n) is 11.8. The van der Waals surface area contributed by atoms with Gasteiger partial charge in [0.05, 0.1) is 36.0 Å². The predicted octanol–water partition coefficient (Wildman–Crippen LogP) is 0.911. The molecule has 7 atom stereocenters. The largest absolute Gasteiger partial charge is 0.395 e. The van der Waals surface area contributed by atoms with Crippen LogP contribution in [0.3, 0.4) is 0 Å². The van der Waals surface area contributed by atoms with Crippen molar-refractivity contribution in [3.05, 3.63) is 24.3 Å². The second-order valence-corrected chi connectivity index (χ2v) is 6.31. The molecule has 0 spiro atoms. The maximum absolute atomic E-state index is 9.48. The standard InChI is InChI=1S/C11H17N4O2P3.H3OP/c16-4-6-1-9(17-20)11(15(6)19)7-3-14(18)8-2-12-5-13-10(7)8;1-2/h2-3,5-6,9,11,16H,1,4,18-20H2;1H,2H2/t6?,9-,11?;/m1./s1. The Morgan fingerprint density at radius 3 is 2.73 bits per heavy atom. The highest BCUT2D eigenvalue weighted by atomic mass is 31.0. The average molecular weight is 380 g/mol. The maximum atomic E-state index is 9.48. The number of aliphatic hydroxyl groups excluding tert-OH is 1. The molecule has 1 aliphatic heterocycles. The van der Waals surface area contributed by atoms with E-state index >= 15 is 0 Å². The number of hydrogen-bond acceptors (Lipinski definition) is 6. The molecule has 1 fully saturated rings. The fourth-order valence-electron chi connectivity index (χ4n) is 2.83. The van der Waals surface area contributed by atoms with E-state index in [0.29, 0.717) is 0 Å². The van der Waals surface area contributed by atoms with Crippen LogP contribution in [0.15, 0.2) is 18.7 Å². The molecule has 0 aromatic carbocycles. The summed E-state index contributed by atoms with van der Waals surface area (Å²) in [6.07, 6.45) is 6.16. The Morgan fingerprint density at radius 2 is 2.09 bits per heavy atom. The Hall–Kier alpha value is 0.180. The third-order valence-corrected chi connectivity index (χ3v) is 5.35. The third kappa shape index (κ3) is 3.34. The lowest BCUT2D eigenvalue weighted by Crippen LogP contribution is -2.26. The molecule has 1 aliphatic rings. The van der Waals surface area contributed by atoms with Crippen molar-refractivity contribution in [2.45, 2.75) is 24.6 Å². The molecule has 2 N–H and O–H groups in total. The van der Waals surface area contributed by atoms with Crippen LogP contribution in [-0.4, -0.2) is 47.7 Å². The van der Waals surface area contributed by atoms with Crippen LogP contribution < -0.4 is 0 Å². The summed E-state index contributed by atoms with van der Waals surface area (Å²) in [5, 5.41) is 9.48. The molecule has 22 heavy (non-hydrogen) atoms. The summed E-state index contributed by atoms with van der Waals surface area (Å²) in [4.78, 5) is 15.4. The van der Waals surface area contributed by atoms with Crippen LogP contribution in [0.2, 0.25) is 0 Å². The second-order valence-electron chi connectivity index (χ2n) is 4.89. The highest BCUT2D eigenvalue weighted by Gasteiger charge is 2.41. The number of nitrogens with zero attached hydrogens (tertiary/aromatic N) is 4. The van der Waals surface area contributed by atoms with E-state index < -0.39 is 0 Å². The van der Waals surface area contributed by atoms with Gasteiger partial charge in [-0.25, -0.2) is 9.97 Å². The van der Waals surface area contributed by atoms with E-state index in [0.717, 1.165) is 23.0 Å². The molecule has 7 nitrogen and oxygen atoms in total. The van der Waals surface area contributed by atoms with Gasteiger partial charge in [-0.3, -0.25) is 4.67 Å². The summed E-state index contributed by atoms with van der Waals surface area (Å²) >= 11 is 0. The van der Waals surface area contributed by atoms with E-state index in [-0.39, 0.29) is 24.8 Å². The van der Waals surface area contributed by atoms with E-state index in [4.69, 9.17) is 9.42 Å². The fourth-order valence-corrected chi connectivity index (χ4v) is 4.01. The van der Waals surface area contributed by atoms with Gasteiger partial charge in [-0.1, -0.05) is 9.39 Å². The highest BCUT2D eigenvalue weighted by Crippen LogP contribution is 2.43. The first-order valence-corrected chi connectivity index (χ1v) is 8.50. The third-order valence-electron chi connectivity index (χ3n) is 3.83. The van der Waals surface area contributed by atoms with Crippen molar-refractivity contribution in [1.82, 2.24) is 19.0 Å². The van der Waals surface area contributed by atoms with Crippen molar-refractivity contribution < 1.29 is 14.5 Å². The molecule has 2 aromatic rings. The lowest BCUT2D eigenvalue weighted by Gasteiger charge is -2.25. The first kappa shape index (κ1) is 18.5. The molecule has 1 saturated heterocycles. The molecule has 122 valence electrons. The molecular formula is C11H20N4O3P4. The Labute approximate surface area is 138 Å². The number of hydrogen-bond donors (Lipinski definition) is 2. The summed E-state index contributed by atoms with van der Waals surface area (Å²) < 4.78 is 9.55. The van der Waals surface area contributed by atoms with E-state index in [9.17, 15) is 5.11 Å². The molecule has 3 rings (SSSR count). The van der Waals surface area contributed by atoms with E-state index in [1.807, 2.05) is 10.5 Å². The van der Waals surface area contributed by atoms with Crippen molar-refractivity contribution in [2.75, 3.05) is 6.61 Å². The van der Waals surface area contributed by atoms with Crippen LogP contribution in [0.4, 0.5) is 0 Å². The van der Waals surface area contributed by atoms with Crippen molar-refractivity contribution in [3.8, 4) is 0 Å². The molecule has 0 saturated carbocycles. The summed E-state index contributed by atoms with van der Waals surface area (Å²) in [7, 11) is 9.10. The van der Waals surface area contributed by atoms with Gasteiger partial charge in [-0.15, -0.1) is 0 Å². The van der Waals surface area contributed by atoms with Gasteiger partial charge in [0.25, 0.3) is 0 Å². The van der Waals surface area contributed by atoms with Crippen LogP contribution in [0.25, 0.3) is 11.0 Å². The predicted molar refractivity (Wildman–Crippen MR) is 98.9 cm³/mol. The Balaban J connectivity index is 0.000000847. The van der Waals surface area contributed by atoms with Gasteiger partial charge in [0.1, 0.15) is 6.33 Å². The molecule has 11 heteroatoms. The van der Waals surface area contributed by atoms with Crippen LogP contribution in [0, 0.1) is 0 Å². The first-order chi connectivity index (χ1) is 10.7. The lowest BCUT2D eigenvalue weighted by molar-refractivity contribution is 0.194. The molecule has 0 radical (unpaired) electrons. The van der Waals surface area contributed by atoms with Gasteiger partial charge in [-0.2, -0.15) is 0 Å². The number of aliphatic hydroxyl groups is 1. The SMILES string of the molecule is OCC1C[C@@H](OP)C(c2cn(P)c3cncnc23)N1P.OP. The summed E-state index contributed by atoms with van der Waals surface area (Å²) in [5.41, 5.74) is 2.95. The normalized spacial score (nSPS) is 25.3. The van der Waals surface area contributed by atoms with Gasteiger partial charge in [0.2, 0.25) is 0 Å². The molecule has 2 aromatic heterocycles. The molecule has 0 aliphatic carbocycles. The number of aromatic nitrogens is 3. The number of fused-ring (bicyclic) bond motifs is 1. The van der Waals surface area contributed by atoms with E-state index in [2.05, 4.69) is 42.9 Å². The quantitative estimate of drug-likeness (QED) is 0.771. The molecule has 0 bridgehead atoms. The minimum Gasteiger partial charge on any atom is -0.395 e. The van der Waals surface area contributed by atoms with Crippen molar-refractivity contribution >= 4 is 48.7 Å². The highest BCUT2D eigenvalue weighted by molar-refractivity contribution is 7.15. The molecular weight excluding hydrogens is 360 g/mol. The van der Waals surface area contributed by atoms with E-state index in [1.165, 1.54) is 9.47 Å². The minimum absolute atomic E-state index is 0.000199. The zero-order chi connectivity index (χ0) is 16.3.